The lowest BCUT2D eigenvalue weighted by Crippen LogP contribution is -2.36. The molecule has 0 fully saturated rings. The number of fused-ring (bicyclic) bond motifs is 1. The lowest BCUT2D eigenvalue weighted by atomic mass is 10.2. The number of carbonyl (C=O) groups is 2. The molecular weight excluding hydrogens is 476 g/mol. The van der Waals surface area contributed by atoms with Gasteiger partial charge in [-0.15, -0.1) is 11.3 Å². The molecule has 1 N–H and O–H groups in total. The van der Waals surface area contributed by atoms with Crippen molar-refractivity contribution in [3.05, 3.63) is 75.8 Å². The van der Waals surface area contributed by atoms with Crippen molar-refractivity contribution in [1.82, 2.24) is 14.3 Å². The number of amides is 2. The minimum absolute atomic E-state index is 0.0131. The Labute approximate surface area is 192 Å². The maximum absolute atomic E-state index is 12.7. The molecule has 2 amide bonds. The molecule has 0 bridgehead atoms. The van der Waals surface area contributed by atoms with Crippen molar-refractivity contribution in [3.8, 4) is 11.3 Å². The van der Waals surface area contributed by atoms with E-state index in [0.29, 0.717) is 0 Å². The van der Waals surface area contributed by atoms with E-state index in [2.05, 4.69) is 26.2 Å². The third-order valence-electron chi connectivity index (χ3n) is 4.95. The number of benzene rings is 2. The van der Waals surface area contributed by atoms with Crippen molar-refractivity contribution in [1.29, 1.82) is 0 Å². The van der Waals surface area contributed by atoms with Crippen LogP contribution < -0.4 is 5.32 Å². The second-order valence-corrected chi connectivity index (χ2v) is 9.06. The molecule has 4 rings (SSSR count). The largest absolute Gasteiger partial charge is 0.336 e. The SMILES string of the molecule is Cc1cc(Br)ccc1NC(=O)CN(C)C(=O)Cc1csc2nc(-c3ccccc3)cn12. The van der Waals surface area contributed by atoms with E-state index in [1.165, 1.54) is 16.2 Å². The molecule has 6 nitrogen and oxygen atoms in total. The molecule has 0 spiro atoms. The quantitative estimate of drug-likeness (QED) is 0.417. The predicted octanol–water partition coefficient (Wildman–Crippen LogP) is 4.77. The fourth-order valence-corrected chi connectivity index (χ4v) is 4.60. The maximum atomic E-state index is 12.7. The summed E-state index contributed by atoms with van der Waals surface area (Å²) in [4.78, 5) is 32.1. The molecule has 0 radical (unpaired) electrons. The number of aryl methyl sites for hydroxylation is 1. The van der Waals surface area contributed by atoms with Gasteiger partial charge in [-0.1, -0.05) is 46.3 Å². The number of thiazole rings is 1. The van der Waals surface area contributed by atoms with Crippen molar-refractivity contribution >= 4 is 49.7 Å². The van der Waals surface area contributed by atoms with Gasteiger partial charge in [0.1, 0.15) is 0 Å². The van der Waals surface area contributed by atoms with E-state index in [4.69, 9.17) is 0 Å². The van der Waals surface area contributed by atoms with Gasteiger partial charge in [-0.3, -0.25) is 14.0 Å². The van der Waals surface area contributed by atoms with Crippen molar-refractivity contribution in [2.24, 2.45) is 0 Å². The van der Waals surface area contributed by atoms with E-state index >= 15 is 0 Å². The topological polar surface area (TPSA) is 66.7 Å². The number of likely N-dealkylation sites (N-methyl/N-ethyl adjacent to an activating group) is 1. The zero-order valence-electron chi connectivity index (χ0n) is 17.1. The minimum atomic E-state index is -0.231. The summed E-state index contributed by atoms with van der Waals surface area (Å²) in [5.41, 5.74) is 4.45. The van der Waals surface area contributed by atoms with Gasteiger partial charge in [0, 0.05) is 40.0 Å². The Morgan fingerprint density at radius 3 is 2.71 bits per heavy atom. The highest BCUT2D eigenvalue weighted by molar-refractivity contribution is 9.10. The highest BCUT2D eigenvalue weighted by Crippen LogP contribution is 2.24. The maximum Gasteiger partial charge on any atom is 0.243 e. The van der Waals surface area contributed by atoms with E-state index in [0.717, 1.165) is 37.6 Å². The van der Waals surface area contributed by atoms with Crippen LogP contribution in [0.3, 0.4) is 0 Å². The zero-order valence-corrected chi connectivity index (χ0v) is 19.5. The highest BCUT2D eigenvalue weighted by atomic mass is 79.9. The number of rotatable bonds is 6. The van der Waals surface area contributed by atoms with E-state index < -0.39 is 0 Å². The Morgan fingerprint density at radius 1 is 1.19 bits per heavy atom. The average molecular weight is 497 g/mol. The van der Waals surface area contributed by atoms with Crippen molar-refractivity contribution < 1.29 is 9.59 Å². The summed E-state index contributed by atoms with van der Waals surface area (Å²) in [6, 6.07) is 15.6. The Kier molecular flexibility index (Phi) is 6.20. The first kappa shape index (κ1) is 21.3. The first-order valence-electron chi connectivity index (χ1n) is 9.71. The Bertz CT molecular complexity index is 1250. The molecule has 2 aromatic heterocycles. The molecule has 0 unspecified atom stereocenters. The van der Waals surface area contributed by atoms with Crippen LogP contribution in [0.15, 0.2) is 64.6 Å². The molecule has 31 heavy (non-hydrogen) atoms. The number of anilines is 1. The Hall–Kier alpha value is -2.97. The molecular formula is C23H21BrN4O2S. The summed E-state index contributed by atoms with van der Waals surface area (Å²) in [6.45, 7) is 1.91. The van der Waals surface area contributed by atoms with Crippen LogP contribution in [-0.2, 0) is 16.0 Å². The van der Waals surface area contributed by atoms with Crippen molar-refractivity contribution in [2.45, 2.75) is 13.3 Å². The first-order chi connectivity index (χ1) is 14.9. The lowest BCUT2D eigenvalue weighted by molar-refractivity contribution is -0.132. The summed E-state index contributed by atoms with van der Waals surface area (Å²) in [5, 5.41) is 4.80. The summed E-state index contributed by atoms with van der Waals surface area (Å²) in [5.74, 6) is -0.358. The molecule has 8 heteroatoms. The van der Waals surface area contributed by atoms with Gasteiger partial charge in [0.05, 0.1) is 18.7 Å². The molecule has 158 valence electrons. The minimum Gasteiger partial charge on any atom is -0.336 e. The summed E-state index contributed by atoms with van der Waals surface area (Å²) in [6.07, 6.45) is 2.15. The number of nitrogens with zero attached hydrogens (tertiary/aromatic N) is 3. The molecule has 0 saturated heterocycles. The molecule has 0 aliphatic carbocycles. The molecule has 0 aliphatic heterocycles. The van der Waals surface area contributed by atoms with Gasteiger partial charge in [0.2, 0.25) is 11.8 Å². The third-order valence-corrected chi connectivity index (χ3v) is 6.34. The fraction of sp³-hybridized carbons (Fsp3) is 0.174. The zero-order chi connectivity index (χ0) is 22.0. The average Bonchev–Trinajstić information content (AvgIpc) is 3.32. The second kappa shape index (κ2) is 9.03. The van der Waals surface area contributed by atoms with Crippen LogP contribution in [0.25, 0.3) is 16.2 Å². The normalized spacial score (nSPS) is 10.9. The van der Waals surface area contributed by atoms with Gasteiger partial charge < -0.3 is 10.2 Å². The monoisotopic (exact) mass is 496 g/mol. The van der Waals surface area contributed by atoms with Crippen molar-refractivity contribution in [3.63, 3.8) is 0 Å². The number of hydrogen-bond acceptors (Lipinski definition) is 4. The lowest BCUT2D eigenvalue weighted by Gasteiger charge is -2.17. The molecule has 0 aliphatic rings. The van der Waals surface area contributed by atoms with Gasteiger partial charge in [-0.25, -0.2) is 4.98 Å². The predicted molar refractivity (Wildman–Crippen MR) is 127 cm³/mol. The number of nitrogens with one attached hydrogen (secondary N) is 1. The van der Waals surface area contributed by atoms with Crippen LogP contribution in [0.4, 0.5) is 5.69 Å². The van der Waals surface area contributed by atoms with E-state index in [9.17, 15) is 9.59 Å². The second-order valence-electron chi connectivity index (χ2n) is 7.31. The van der Waals surface area contributed by atoms with Gasteiger partial charge in [-0.05, 0) is 30.7 Å². The fourth-order valence-electron chi connectivity index (χ4n) is 3.26. The summed E-state index contributed by atoms with van der Waals surface area (Å²) < 4.78 is 2.90. The van der Waals surface area contributed by atoms with Crippen LogP contribution in [0.2, 0.25) is 0 Å². The van der Waals surface area contributed by atoms with Crippen LogP contribution in [0, 0.1) is 6.92 Å². The number of aromatic nitrogens is 2. The highest BCUT2D eigenvalue weighted by Gasteiger charge is 2.17. The number of hydrogen-bond donors (Lipinski definition) is 1. The Morgan fingerprint density at radius 2 is 1.97 bits per heavy atom. The van der Waals surface area contributed by atoms with E-state index in [-0.39, 0.29) is 24.8 Å². The number of imidazole rings is 1. The van der Waals surface area contributed by atoms with Crippen LogP contribution in [0.1, 0.15) is 11.3 Å². The first-order valence-corrected chi connectivity index (χ1v) is 11.4. The number of carbonyl (C=O) groups excluding carboxylic acids is 2. The Balaban J connectivity index is 1.41. The van der Waals surface area contributed by atoms with Gasteiger partial charge in [-0.2, -0.15) is 0 Å². The number of halogens is 1. The van der Waals surface area contributed by atoms with E-state index in [1.807, 2.05) is 71.4 Å². The summed E-state index contributed by atoms with van der Waals surface area (Å²) >= 11 is 4.91. The third kappa shape index (κ3) is 4.86. The standard InChI is InChI=1S/C23H21BrN4O2S/c1-15-10-17(24)8-9-19(15)25-21(29)13-27(2)22(30)11-18-14-31-23-26-20(12-28(18)23)16-6-4-3-5-7-16/h3-10,12,14H,11,13H2,1-2H3,(H,25,29). The van der Waals surface area contributed by atoms with Gasteiger partial charge in [0.25, 0.3) is 0 Å². The molecule has 2 heterocycles. The molecule has 0 saturated carbocycles. The van der Waals surface area contributed by atoms with Crippen LogP contribution in [-0.4, -0.2) is 39.7 Å². The van der Waals surface area contributed by atoms with Crippen LogP contribution in [0.5, 0.6) is 0 Å². The van der Waals surface area contributed by atoms with Gasteiger partial charge in [0.15, 0.2) is 4.96 Å². The molecule has 2 aromatic carbocycles. The van der Waals surface area contributed by atoms with Crippen LogP contribution >= 0.6 is 27.3 Å². The molecule has 0 atom stereocenters. The molecule has 4 aromatic rings. The van der Waals surface area contributed by atoms with Gasteiger partial charge >= 0.3 is 0 Å². The van der Waals surface area contributed by atoms with Crippen molar-refractivity contribution in [2.75, 3.05) is 18.9 Å². The smallest absolute Gasteiger partial charge is 0.243 e. The van der Waals surface area contributed by atoms with E-state index in [1.54, 1.807) is 7.05 Å². The summed E-state index contributed by atoms with van der Waals surface area (Å²) in [7, 11) is 1.64.